The van der Waals surface area contributed by atoms with Crippen LogP contribution in [0.1, 0.15) is 24.5 Å². The highest BCUT2D eigenvalue weighted by Crippen LogP contribution is 2.17. The molecule has 18 heavy (non-hydrogen) atoms. The molecule has 0 fully saturated rings. The zero-order valence-corrected chi connectivity index (χ0v) is 12.7. The van der Waals surface area contributed by atoms with Gasteiger partial charge in [-0.3, -0.25) is 4.79 Å². The van der Waals surface area contributed by atoms with Crippen LogP contribution in [0.3, 0.4) is 0 Å². The van der Waals surface area contributed by atoms with E-state index in [0.29, 0.717) is 6.42 Å². The molecule has 1 rings (SSSR count). The molecule has 1 unspecified atom stereocenters. The van der Waals surface area contributed by atoms with Gasteiger partial charge in [-0.05, 0) is 50.2 Å². The number of aryl methyl sites for hydroxylation is 1. The van der Waals surface area contributed by atoms with Crippen LogP contribution in [-0.4, -0.2) is 29.6 Å². The van der Waals surface area contributed by atoms with Gasteiger partial charge in [-0.2, -0.15) is 0 Å². The second-order valence-electron chi connectivity index (χ2n) is 4.84. The van der Waals surface area contributed by atoms with E-state index >= 15 is 0 Å². The Morgan fingerprint density at radius 2 is 2.17 bits per heavy atom. The number of nitrogens with zero attached hydrogens (tertiary/aromatic N) is 1. The number of hydrogen-bond donors (Lipinski definition) is 1. The van der Waals surface area contributed by atoms with E-state index in [1.807, 2.05) is 13.1 Å². The van der Waals surface area contributed by atoms with Crippen LogP contribution < -0.4 is 0 Å². The van der Waals surface area contributed by atoms with E-state index in [1.165, 1.54) is 11.1 Å². The van der Waals surface area contributed by atoms with Gasteiger partial charge in [-0.15, -0.1) is 0 Å². The fraction of sp³-hybridized carbons (Fsp3) is 0.500. The Balaban J connectivity index is 2.51. The highest BCUT2D eigenvalue weighted by Gasteiger charge is 2.12. The van der Waals surface area contributed by atoms with E-state index in [-0.39, 0.29) is 5.92 Å². The van der Waals surface area contributed by atoms with E-state index < -0.39 is 5.97 Å². The van der Waals surface area contributed by atoms with Gasteiger partial charge in [0.25, 0.3) is 0 Å². The van der Waals surface area contributed by atoms with Gasteiger partial charge in [-0.1, -0.05) is 28.9 Å². The summed E-state index contributed by atoms with van der Waals surface area (Å²) in [6, 6.07) is 6.24. The molecule has 0 aromatic heterocycles. The first-order chi connectivity index (χ1) is 8.40. The number of carbonyl (C=O) groups is 1. The topological polar surface area (TPSA) is 40.5 Å². The van der Waals surface area contributed by atoms with E-state index in [0.717, 1.165) is 17.6 Å². The third kappa shape index (κ3) is 4.78. The molecule has 1 aromatic rings. The largest absolute Gasteiger partial charge is 0.481 e. The molecule has 0 spiro atoms. The first kappa shape index (κ1) is 15.2. The van der Waals surface area contributed by atoms with Crippen molar-refractivity contribution >= 4 is 21.9 Å². The first-order valence-electron chi connectivity index (χ1n) is 6.06. The Morgan fingerprint density at radius 3 is 2.78 bits per heavy atom. The van der Waals surface area contributed by atoms with Crippen LogP contribution in [-0.2, 0) is 11.3 Å². The van der Waals surface area contributed by atoms with Crippen molar-refractivity contribution in [3.63, 3.8) is 0 Å². The smallest absolute Gasteiger partial charge is 0.306 e. The molecule has 0 amide bonds. The molecule has 0 heterocycles. The summed E-state index contributed by atoms with van der Waals surface area (Å²) in [7, 11) is 2.02. The molecule has 100 valence electrons. The molecule has 1 N–H and O–H groups in total. The van der Waals surface area contributed by atoms with Crippen LogP contribution in [0.2, 0.25) is 0 Å². The lowest BCUT2D eigenvalue weighted by molar-refractivity contribution is -0.141. The molecule has 0 aliphatic heterocycles. The molecular formula is C14H20BrNO2. The third-order valence-electron chi connectivity index (χ3n) is 3.12. The Labute approximate surface area is 117 Å². The molecule has 4 heteroatoms. The highest BCUT2D eigenvalue weighted by molar-refractivity contribution is 9.10. The molecule has 0 bridgehead atoms. The van der Waals surface area contributed by atoms with Crippen LogP contribution in [0.25, 0.3) is 0 Å². The summed E-state index contributed by atoms with van der Waals surface area (Å²) in [5.41, 5.74) is 2.53. The molecule has 0 saturated carbocycles. The van der Waals surface area contributed by atoms with Crippen molar-refractivity contribution in [3.05, 3.63) is 33.8 Å². The molecule has 0 radical (unpaired) electrons. The van der Waals surface area contributed by atoms with Crippen LogP contribution in [0.15, 0.2) is 22.7 Å². The summed E-state index contributed by atoms with van der Waals surface area (Å²) in [4.78, 5) is 12.9. The van der Waals surface area contributed by atoms with Crippen molar-refractivity contribution in [2.24, 2.45) is 5.92 Å². The maximum Gasteiger partial charge on any atom is 0.306 e. The lowest BCUT2D eigenvalue weighted by atomic mass is 10.1. The molecule has 1 aromatic carbocycles. The SMILES string of the molecule is Cc1ccc(Br)cc1CN(C)CCC(C)C(=O)O. The fourth-order valence-corrected chi connectivity index (χ4v) is 2.13. The van der Waals surface area contributed by atoms with Gasteiger partial charge in [0, 0.05) is 11.0 Å². The van der Waals surface area contributed by atoms with Gasteiger partial charge in [0.15, 0.2) is 0 Å². The Kier molecular flexibility index (Phi) is 5.82. The van der Waals surface area contributed by atoms with Crippen molar-refractivity contribution in [2.75, 3.05) is 13.6 Å². The van der Waals surface area contributed by atoms with E-state index in [9.17, 15) is 4.79 Å². The van der Waals surface area contributed by atoms with E-state index in [4.69, 9.17) is 5.11 Å². The minimum Gasteiger partial charge on any atom is -0.481 e. The zero-order valence-electron chi connectivity index (χ0n) is 11.1. The molecule has 3 nitrogen and oxygen atoms in total. The monoisotopic (exact) mass is 313 g/mol. The Hall–Kier alpha value is -0.870. The van der Waals surface area contributed by atoms with Crippen molar-refractivity contribution < 1.29 is 9.90 Å². The summed E-state index contributed by atoms with van der Waals surface area (Å²) in [6.45, 7) is 5.48. The van der Waals surface area contributed by atoms with E-state index in [1.54, 1.807) is 6.92 Å². The van der Waals surface area contributed by atoms with Crippen molar-refractivity contribution in [2.45, 2.75) is 26.8 Å². The van der Waals surface area contributed by atoms with Crippen LogP contribution in [0, 0.1) is 12.8 Å². The van der Waals surface area contributed by atoms with Crippen molar-refractivity contribution in [3.8, 4) is 0 Å². The van der Waals surface area contributed by atoms with Gasteiger partial charge < -0.3 is 10.0 Å². The van der Waals surface area contributed by atoms with Crippen LogP contribution in [0.4, 0.5) is 0 Å². The maximum atomic E-state index is 10.7. The van der Waals surface area contributed by atoms with Gasteiger partial charge in [-0.25, -0.2) is 0 Å². The van der Waals surface area contributed by atoms with Gasteiger partial charge in [0.05, 0.1) is 5.92 Å². The number of carboxylic acids is 1. The van der Waals surface area contributed by atoms with Gasteiger partial charge in [0.2, 0.25) is 0 Å². The summed E-state index contributed by atoms with van der Waals surface area (Å²) in [6.07, 6.45) is 0.679. The molecule has 1 atom stereocenters. The zero-order chi connectivity index (χ0) is 13.7. The number of hydrogen-bond acceptors (Lipinski definition) is 2. The average Bonchev–Trinajstić information content (AvgIpc) is 2.30. The number of rotatable bonds is 6. The second-order valence-corrected chi connectivity index (χ2v) is 5.75. The first-order valence-corrected chi connectivity index (χ1v) is 6.86. The molecule has 0 aliphatic carbocycles. The normalized spacial score (nSPS) is 12.7. The molecule has 0 aliphatic rings. The van der Waals surface area contributed by atoms with Crippen LogP contribution in [0.5, 0.6) is 0 Å². The molecular weight excluding hydrogens is 294 g/mol. The third-order valence-corrected chi connectivity index (χ3v) is 3.61. The standard InChI is InChI=1S/C14H20BrNO2/c1-10-4-5-13(15)8-12(10)9-16(3)7-6-11(2)14(17)18/h4-5,8,11H,6-7,9H2,1-3H3,(H,17,18). The summed E-state index contributed by atoms with van der Waals surface area (Å²) in [5.74, 6) is -1.00. The summed E-state index contributed by atoms with van der Waals surface area (Å²) >= 11 is 3.47. The Morgan fingerprint density at radius 1 is 1.50 bits per heavy atom. The fourth-order valence-electron chi connectivity index (χ4n) is 1.72. The lowest BCUT2D eigenvalue weighted by Gasteiger charge is -2.19. The predicted molar refractivity (Wildman–Crippen MR) is 76.6 cm³/mol. The predicted octanol–water partition coefficient (Wildman–Crippen LogP) is 3.30. The highest BCUT2D eigenvalue weighted by atomic mass is 79.9. The minimum atomic E-state index is -0.720. The van der Waals surface area contributed by atoms with E-state index in [2.05, 4.69) is 39.9 Å². The summed E-state index contributed by atoms with van der Waals surface area (Å²) < 4.78 is 1.08. The van der Waals surface area contributed by atoms with Gasteiger partial charge in [0.1, 0.15) is 0 Å². The number of benzene rings is 1. The quantitative estimate of drug-likeness (QED) is 0.876. The Bertz CT molecular complexity index is 420. The summed E-state index contributed by atoms with van der Waals surface area (Å²) in [5, 5.41) is 8.84. The number of carboxylic acid groups (broad SMARTS) is 1. The average molecular weight is 314 g/mol. The van der Waals surface area contributed by atoms with Crippen LogP contribution >= 0.6 is 15.9 Å². The van der Waals surface area contributed by atoms with Gasteiger partial charge >= 0.3 is 5.97 Å². The number of halogens is 1. The minimum absolute atomic E-state index is 0.281. The lowest BCUT2D eigenvalue weighted by Crippen LogP contribution is -2.23. The molecule has 0 saturated heterocycles. The number of aliphatic carboxylic acids is 1. The second kappa shape index (κ2) is 6.90. The maximum absolute atomic E-state index is 10.7. The van der Waals surface area contributed by atoms with Crippen molar-refractivity contribution in [1.82, 2.24) is 4.90 Å². The van der Waals surface area contributed by atoms with Crippen molar-refractivity contribution in [1.29, 1.82) is 0 Å².